The second-order valence-electron chi connectivity index (χ2n) is 5.94. The summed E-state index contributed by atoms with van der Waals surface area (Å²) in [7, 11) is 0. The number of hydrogen-bond acceptors (Lipinski definition) is 5. The molecule has 0 heterocycles. The number of phenolic OH excluding ortho intramolecular Hbond substituents is 1. The van der Waals surface area contributed by atoms with Crippen molar-refractivity contribution in [3.8, 4) is 5.75 Å². The van der Waals surface area contributed by atoms with Crippen molar-refractivity contribution < 1.29 is 19.8 Å². The van der Waals surface area contributed by atoms with Crippen LogP contribution < -0.4 is 16.0 Å². The molecular formula is C19H23N3O4. The topological polar surface area (TPSA) is 111 Å². The number of benzene rings is 2. The van der Waals surface area contributed by atoms with Crippen LogP contribution in [0.2, 0.25) is 0 Å². The minimum absolute atomic E-state index is 0.0259. The molecular weight excluding hydrogens is 334 g/mol. The number of amides is 1. The fraction of sp³-hybridized carbons (Fsp3) is 0.263. The first kappa shape index (κ1) is 19.3. The molecule has 138 valence electrons. The molecule has 0 aliphatic heterocycles. The van der Waals surface area contributed by atoms with Gasteiger partial charge in [-0.15, -0.1) is 0 Å². The molecule has 26 heavy (non-hydrogen) atoms. The first-order valence-corrected chi connectivity index (χ1v) is 8.29. The zero-order valence-corrected chi connectivity index (χ0v) is 14.5. The Hall–Kier alpha value is -3.06. The number of carboxylic acids is 1. The van der Waals surface area contributed by atoms with Crippen LogP contribution in [0.15, 0.2) is 48.5 Å². The van der Waals surface area contributed by atoms with Gasteiger partial charge in [-0.1, -0.05) is 18.2 Å². The summed E-state index contributed by atoms with van der Waals surface area (Å²) in [5, 5.41) is 27.3. The normalized spacial score (nSPS) is 11.6. The Morgan fingerprint density at radius 2 is 1.77 bits per heavy atom. The maximum absolute atomic E-state index is 12.0. The van der Waals surface area contributed by atoms with E-state index in [1.807, 2.05) is 31.2 Å². The second-order valence-corrected chi connectivity index (χ2v) is 5.94. The Balaban J connectivity index is 1.78. The van der Waals surface area contributed by atoms with Crippen LogP contribution >= 0.6 is 0 Å². The van der Waals surface area contributed by atoms with Gasteiger partial charge in [0.05, 0.1) is 6.42 Å². The van der Waals surface area contributed by atoms with Gasteiger partial charge in [0, 0.05) is 30.5 Å². The van der Waals surface area contributed by atoms with E-state index in [0.717, 1.165) is 11.3 Å². The van der Waals surface area contributed by atoms with E-state index >= 15 is 0 Å². The number of rotatable bonds is 9. The van der Waals surface area contributed by atoms with Crippen molar-refractivity contribution >= 4 is 23.3 Å². The number of carbonyl (C=O) groups excluding carboxylic acids is 1. The number of aromatic hydroxyl groups is 1. The molecule has 7 nitrogen and oxygen atoms in total. The molecule has 0 saturated carbocycles. The number of anilines is 2. The fourth-order valence-electron chi connectivity index (χ4n) is 2.44. The van der Waals surface area contributed by atoms with Crippen LogP contribution in [0.1, 0.15) is 12.0 Å². The molecule has 0 fully saturated rings. The highest BCUT2D eigenvalue weighted by Gasteiger charge is 2.20. The standard InChI is InChI=1S/C19H23N3O4/c1-13-4-2-5-14(10-13)20-8-9-21-17(19(25)26)12-18(24)22-15-6-3-7-16(23)11-15/h2-7,10-11,17,20-21,23H,8-9,12H2,1H3,(H,22,24)(H,25,26). The van der Waals surface area contributed by atoms with Gasteiger partial charge in [0.2, 0.25) is 5.91 Å². The van der Waals surface area contributed by atoms with Crippen molar-refractivity contribution in [3.05, 3.63) is 54.1 Å². The summed E-state index contributed by atoms with van der Waals surface area (Å²) in [6, 6.07) is 13.0. The maximum Gasteiger partial charge on any atom is 0.321 e. The molecule has 2 aromatic carbocycles. The highest BCUT2D eigenvalue weighted by Crippen LogP contribution is 2.15. The van der Waals surface area contributed by atoms with Crippen molar-refractivity contribution in [3.63, 3.8) is 0 Å². The summed E-state index contributed by atoms with van der Waals surface area (Å²) in [4.78, 5) is 23.4. The van der Waals surface area contributed by atoms with E-state index in [1.54, 1.807) is 12.1 Å². The number of carbonyl (C=O) groups is 2. The van der Waals surface area contributed by atoms with Crippen LogP contribution in [0, 0.1) is 6.92 Å². The molecule has 7 heteroatoms. The van der Waals surface area contributed by atoms with Crippen molar-refractivity contribution in [1.29, 1.82) is 0 Å². The van der Waals surface area contributed by atoms with Gasteiger partial charge < -0.3 is 26.2 Å². The maximum atomic E-state index is 12.0. The zero-order valence-electron chi connectivity index (χ0n) is 14.5. The molecule has 0 radical (unpaired) electrons. The molecule has 0 saturated heterocycles. The number of hydrogen-bond donors (Lipinski definition) is 5. The van der Waals surface area contributed by atoms with Crippen LogP contribution in [-0.2, 0) is 9.59 Å². The van der Waals surface area contributed by atoms with Crippen LogP contribution in [-0.4, -0.2) is 41.2 Å². The Morgan fingerprint density at radius 3 is 2.46 bits per heavy atom. The third-order valence-corrected chi connectivity index (χ3v) is 3.68. The highest BCUT2D eigenvalue weighted by molar-refractivity contribution is 5.94. The molecule has 1 atom stereocenters. The van der Waals surface area contributed by atoms with E-state index in [1.165, 1.54) is 12.1 Å². The summed E-state index contributed by atoms with van der Waals surface area (Å²) in [5.41, 5.74) is 2.51. The summed E-state index contributed by atoms with van der Waals surface area (Å²) in [6.07, 6.45) is -0.213. The molecule has 1 unspecified atom stereocenters. The lowest BCUT2D eigenvalue weighted by Crippen LogP contribution is -2.41. The van der Waals surface area contributed by atoms with Gasteiger partial charge in [0.15, 0.2) is 0 Å². The predicted molar refractivity (Wildman–Crippen MR) is 100 cm³/mol. The van der Waals surface area contributed by atoms with Crippen molar-refractivity contribution in [2.24, 2.45) is 0 Å². The Kier molecular flexibility index (Phi) is 6.99. The molecule has 1 amide bonds. The van der Waals surface area contributed by atoms with Gasteiger partial charge in [0.1, 0.15) is 11.8 Å². The van der Waals surface area contributed by atoms with Gasteiger partial charge in [-0.05, 0) is 36.8 Å². The van der Waals surface area contributed by atoms with Crippen LogP contribution in [0.3, 0.4) is 0 Å². The number of aryl methyl sites for hydroxylation is 1. The van der Waals surface area contributed by atoms with Gasteiger partial charge in [-0.3, -0.25) is 9.59 Å². The minimum atomic E-state index is -1.09. The minimum Gasteiger partial charge on any atom is -0.508 e. The number of nitrogens with one attached hydrogen (secondary N) is 3. The highest BCUT2D eigenvalue weighted by atomic mass is 16.4. The van der Waals surface area contributed by atoms with Gasteiger partial charge in [-0.2, -0.15) is 0 Å². The first-order chi connectivity index (χ1) is 12.4. The van der Waals surface area contributed by atoms with Gasteiger partial charge in [0.25, 0.3) is 0 Å². The summed E-state index contributed by atoms with van der Waals surface area (Å²) in [5.74, 6) is -1.51. The fourth-order valence-corrected chi connectivity index (χ4v) is 2.44. The second kappa shape index (κ2) is 9.43. The van der Waals surface area contributed by atoms with Crippen molar-refractivity contribution in [2.75, 3.05) is 23.7 Å². The number of phenols is 1. The van der Waals surface area contributed by atoms with Crippen LogP contribution in [0.4, 0.5) is 11.4 Å². The summed E-state index contributed by atoms with van der Waals surface area (Å²) < 4.78 is 0. The Labute approximate surface area is 152 Å². The van der Waals surface area contributed by atoms with Crippen molar-refractivity contribution in [2.45, 2.75) is 19.4 Å². The quantitative estimate of drug-likeness (QED) is 0.440. The zero-order chi connectivity index (χ0) is 18.9. The van der Waals surface area contributed by atoms with Crippen LogP contribution in [0.5, 0.6) is 5.75 Å². The van der Waals surface area contributed by atoms with E-state index < -0.39 is 17.9 Å². The van der Waals surface area contributed by atoms with E-state index in [0.29, 0.717) is 18.8 Å². The lowest BCUT2D eigenvalue weighted by atomic mass is 10.2. The largest absolute Gasteiger partial charge is 0.508 e. The van der Waals surface area contributed by atoms with Crippen molar-refractivity contribution in [1.82, 2.24) is 5.32 Å². The average Bonchev–Trinajstić information content (AvgIpc) is 2.57. The molecule has 0 bridgehead atoms. The first-order valence-electron chi connectivity index (χ1n) is 8.29. The molecule has 0 spiro atoms. The number of aliphatic carboxylic acids is 1. The van der Waals surface area contributed by atoms with Gasteiger partial charge >= 0.3 is 5.97 Å². The summed E-state index contributed by atoms with van der Waals surface area (Å²) >= 11 is 0. The summed E-state index contributed by atoms with van der Waals surface area (Å²) in [6.45, 7) is 2.92. The third kappa shape index (κ3) is 6.45. The van der Waals surface area contributed by atoms with Crippen LogP contribution in [0.25, 0.3) is 0 Å². The molecule has 2 aromatic rings. The van der Waals surface area contributed by atoms with Gasteiger partial charge in [-0.25, -0.2) is 0 Å². The lowest BCUT2D eigenvalue weighted by molar-refractivity contribution is -0.141. The number of carboxylic acid groups (broad SMARTS) is 1. The smallest absolute Gasteiger partial charge is 0.321 e. The molecule has 0 aromatic heterocycles. The predicted octanol–water partition coefficient (Wildman–Crippen LogP) is 2.18. The molecule has 5 N–H and O–H groups in total. The monoisotopic (exact) mass is 357 g/mol. The van der Waals surface area contributed by atoms with E-state index in [9.17, 15) is 19.8 Å². The molecule has 2 rings (SSSR count). The van der Waals surface area contributed by atoms with E-state index in [4.69, 9.17) is 0 Å². The Bertz CT molecular complexity index is 764. The van der Waals surface area contributed by atoms with E-state index in [2.05, 4.69) is 16.0 Å². The molecule has 0 aliphatic rings. The average molecular weight is 357 g/mol. The Morgan fingerprint density at radius 1 is 1.04 bits per heavy atom. The lowest BCUT2D eigenvalue weighted by Gasteiger charge is -2.15. The third-order valence-electron chi connectivity index (χ3n) is 3.68. The molecule has 0 aliphatic carbocycles. The van der Waals surface area contributed by atoms with E-state index in [-0.39, 0.29) is 12.2 Å². The SMILES string of the molecule is Cc1cccc(NCCNC(CC(=O)Nc2cccc(O)c2)C(=O)O)c1.